The molecule has 1 rings (SSSR count). The molecule has 0 fully saturated rings. The lowest BCUT2D eigenvalue weighted by molar-refractivity contribution is 0.304. The summed E-state index contributed by atoms with van der Waals surface area (Å²) in [4.78, 5) is 0. The van der Waals surface area contributed by atoms with Gasteiger partial charge in [-0.2, -0.15) is 5.10 Å². The van der Waals surface area contributed by atoms with E-state index in [-0.39, 0.29) is 12.4 Å². The van der Waals surface area contributed by atoms with Crippen molar-refractivity contribution >= 4 is 12.4 Å². The van der Waals surface area contributed by atoms with E-state index >= 15 is 0 Å². The van der Waals surface area contributed by atoms with E-state index in [0.29, 0.717) is 6.54 Å². The monoisotopic (exact) mass is 275 g/mol. The largest absolute Gasteiger partial charge is 0.490 e. The van der Waals surface area contributed by atoms with Crippen molar-refractivity contribution in [3.05, 3.63) is 12.4 Å². The van der Waals surface area contributed by atoms with E-state index in [0.717, 1.165) is 25.3 Å². The van der Waals surface area contributed by atoms with Crippen molar-refractivity contribution in [3.8, 4) is 5.75 Å². The lowest BCUT2D eigenvalue weighted by atomic mass is 10.1. The van der Waals surface area contributed by atoms with Gasteiger partial charge in [0.15, 0.2) is 5.75 Å². The van der Waals surface area contributed by atoms with Crippen molar-refractivity contribution in [3.63, 3.8) is 0 Å². The second kappa shape index (κ2) is 11.4. The zero-order valence-electron chi connectivity index (χ0n) is 11.3. The molecular weight excluding hydrogens is 250 g/mol. The molecule has 106 valence electrons. The van der Waals surface area contributed by atoms with Crippen LogP contribution in [-0.4, -0.2) is 22.9 Å². The highest BCUT2D eigenvalue weighted by Crippen LogP contribution is 2.10. The molecule has 0 radical (unpaired) electrons. The summed E-state index contributed by atoms with van der Waals surface area (Å²) < 4.78 is 7.43. The molecule has 0 amide bonds. The van der Waals surface area contributed by atoms with E-state index < -0.39 is 0 Å². The smallest absolute Gasteiger partial charge is 0.157 e. The summed E-state index contributed by atoms with van der Waals surface area (Å²) in [5.74, 6) is 0.854. The number of ether oxygens (including phenoxy) is 1. The molecule has 0 bridgehead atoms. The number of aromatic nitrogens is 2. The molecule has 0 saturated heterocycles. The number of nitrogens with two attached hydrogens (primary N) is 1. The van der Waals surface area contributed by atoms with Gasteiger partial charge >= 0.3 is 0 Å². The van der Waals surface area contributed by atoms with Gasteiger partial charge in [0, 0.05) is 6.54 Å². The molecule has 18 heavy (non-hydrogen) atoms. The maximum Gasteiger partial charge on any atom is 0.157 e. The maximum absolute atomic E-state index is 5.62. The Morgan fingerprint density at radius 2 is 1.94 bits per heavy atom. The minimum atomic E-state index is 0. The minimum Gasteiger partial charge on any atom is -0.490 e. The molecule has 2 N–H and O–H groups in total. The van der Waals surface area contributed by atoms with Crippen LogP contribution >= 0.6 is 12.4 Å². The SMILES string of the molecule is CCCCCCCCOc1cnn(CCN)c1.Cl. The van der Waals surface area contributed by atoms with Crippen molar-refractivity contribution in [1.29, 1.82) is 0 Å². The average Bonchev–Trinajstić information content (AvgIpc) is 2.76. The Labute approximate surface area is 116 Å². The molecule has 1 heterocycles. The van der Waals surface area contributed by atoms with Gasteiger partial charge in [-0.05, 0) is 6.42 Å². The third kappa shape index (κ3) is 7.56. The molecule has 0 aromatic carbocycles. The third-order valence-corrected chi connectivity index (χ3v) is 2.73. The van der Waals surface area contributed by atoms with Crippen LogP contribution in [0.4, 0.5) is 0 Å². The minimum absolute atomic E-state index is 0. The zero-order chi connectivity index (χ0) is 12.3. The summed E-state index contributed by atoms with van der Waals surface area (Å²) in [6.07, 6.45) is 11.4. The normalized spacial score (nSPS) is 10.1. The number of hydrogen-bond acceptors (Lipinski definition) is 3. The van der Waals surface area contributed by atoms with Crippen LogP contribution in [0.15, 0.2) is 12.4 Å². The Kier molecular flexibility index (Phi) is 10.9. The van der Waals surface area contributed by atoms with Gasteiger partial charge < -0.3 is 10.5 Å². The molecular formula is C13H26ClN3O. The molecule has 1 aromatic rings. The van der Waals surface area contributed by atoms with Crippen molar-refractivity contribution < 1.29 is 4.74 Å². The third-order valence-electron chi connectivity index (χ3n) is 2.73. The van der Waals surface area contributed by atoms with Crippen molar-refractivity contribution in [2.75, 3.05) is 13.2 Å². The molecule has 0 aliphatic carbocycles. The predicted molar refractivity (Wildman–Crippen MR) is 77.4 cm³/mol. The predicted octanol–water partition coefficient (Wildman–Crippen LogP) is 3.00. The summed E-state index contributed by atoms with van der Waals surface area (Å²) in [5, 5.41) is 4.16. The van der Waals surface area contributed by atoms with E-state index in [2.05, 4.69) is 12.0 Å². The van der Waals surface area contributed by atoms with Gasteiger partial charge in [-0.3, -0.25) is 4.68 Å². The highest BCUT2D eigenvalue weighted by Gasteiger charge is 1.98. The Balaban J connectivity index is 0.00000289. The topological polar surface area (TPSA) is 53.1 Å². The first-order valence-electron chi connectivity index (χ1n) is 6.72. The van der Waals surface area contributed by atoms with Crippen molar-refractivity contribution in [2.45, 2.75) is 52.0 Å². The fraction of sp³-hybridized carbons (Fsp3) is 0.769. The van der Waals surface area contributed by atoms with Crippen LogP contribution in [0, 0.1) is 0 Å². The summed E-state index contributed by atoms with van der Waals surface area (Å²) >= 11 is 0. The summed E-state index contributed by atoms with van der Waals surface area (Å²) in [6.45, 7) is 4.39. The van der Waals surface area contributed by atoms with Gasteiger partial charge in [-0.25, -0.2) is 0 Å². The number of unbranched alkanes of at least 4 members (excludes halogenated alkanes) is 5. The first-order valence-corrected chi connectivity index (χ1v) is 6.72. The van der Waals surface area contributed by atoms with Gasteiger partial charge in [-0.15, -0.1) is 12.4 Å². The van der Waals surface area contributed by atoms with Crippen LogP contribution in [0.2, 0.25) is 0 Å². The van der Waals surface area contributed by atoms with E-state index in [9.17, 15) is 0 Å². The highest BCUT2D eigenvalue weighted by molar-refractivity contribution is 5.85. The van der Waals surface area contributed by atoms with Crippen LogP contribution in [0.5, 0.6) is 5.75 Å². The summed E-state index contributed by atoms with van der Waals surface area (Å²) in [7, 11) is 0. The number of rotatable bonds is 10. The quantitative estimate of drug-likeness (QED) is 0.668. The van der Waals surface area contributed by atoms with E-state index in [4.69, 9.17) is 10.5 Å². The fourth-order valence-electron chi connectivity index (χ4n) is 1.75. The molecule has 5 heteroatoms. The first-order chi connectivity index (χ1) is 8.36. The Morgan fingerprint density at radius 3 is 2.67 bits per heavy atom. The van der Waals surface area contributed by atoms with E-state index in [1.807, 2.05) is 10.9 Å². The van der Waals surface area contributed by atoms with Gasteiger partial charge in [-0.1, -0.05) is 39.0 Å². The maximum atomic E-state index is 5.62. The second-order valence-corrected chi connectivity index (χ2v) is 4.34. The number of nitrogens with zero attached hydrogens (tertiary/aromatic N) is 2. The Morgan fingerprint density at radius 1 is 1.22 bits per heavy atom. The Hall–Kier alpha value is -0.740. The van der Waals surface area contributed by atoms with Crippen LogP contribution in [0.3, 0.4) is 0 Å². The van der Waals surface area contributed by atoms with Crippen LogP contribution in [-0.2, 0) is 6.54 Å². The van der Waals surface area contributed by atoms with Gasteiger partial charge in [0.25, 0.3) is 0 Å². The summed E-state index contributed by atoms with van der Waals surface area (Å²) in [6, 6.07) is 0. The number of hydrogen-bond donors (Lipinski definition) is 1. The standard InChI is InChI=1S/C13H25N3O.ClH/c1-2-3-4-5-6-7-10-17-13-11-15-16(12-13)9-8-14;/h11-12H,2-10,14H2,1H3;1H. The summed E-state index contributed by atoms with van der Waals surface area (Å²) in [5.41, 5.74) is 5.45. The van der Waals surface area contributed by atoms with Crippen LogP contribution in [0.1, 0.15) is 45.4 Å². The number of halogens is 1. The molecule has 0 aliphatic heterocycles. The molecule has 0 atom stereocenters. The first kappa shape index (κ1) is 17.3. The molecule has 0 saturated carbocycles. The average molecular weight is 276 g/mol. The van der Waals surface area contributed by atoms with E-state index in [1.54, 1.807) is 6.20 Å². The molecule has 0 aliphatic rings. The van der Waals surface area contributed by atoms with Crippen LogP contribution in [0.25, 0.3) is 0 Å². The molecule has 0 unspecified atom stereocenters. The lowest BCUT2D eigenvalue weighted by Crippen LogP contribution is -2.09. The lowest BCUT2D eigenvalue weighted by Gasteiger charge is -2.03. The van der Waals surface area contributed by atoms with Crippen molar-refractivity contribution in [1.82, 2.24) is 9.78 Å². The molecule has 1 aromatic heterocycles. The molecule has 4 nitrogen and oxygen atoms in total. The van der Waals surface area contributed by atoms with Gasteiger partial charge in [0.05, 0.1) is 25.5 Å². The van der Waals surface area contributed by atoms with Gasteiger partial charge in [0.1, 0.15) is 0 Å². The van der Waals surface area contributed by atoms with Gasteiger partial charge in [0.2, 0.25) is 0 Å². The zero-order valence-corrected chi connectivity index (χ0v) is 12.1. The van der Waals surface area contributed by atoms with Crippen molar-refractivity contribution in [2.24, 2.45) is 5.73 Å². The highest BCUT2D eigenvalue weighted by atomic mass is 35.5. The second-order valence-electron chi connectivity index (χ2n) is 4.34. The molecule has 0 spiro atoms. The van der Waals surface area contributed by atoms with Crippen LogP contribution < -0.4 is 10.5 Å². The van der Waals surface area contributed by atoms with E-state index in [1.165, 1.54) is 32.1 Å². The Bertz CT molecular complexity index is 292. The fourth-order valence-corrected chi connectivity index (χ4v) is 1.75.